The van der Waals surface area contributed by atoms with E-state index in [1.165, 1.54) is 13.2 Å². The molecule has 1 aliphatic carbocycles. The van der Waals surface area contributed by atoms with Crippen LogP contribution in [-0.4, -0.2) is 24.1 Å². The summed E-state index contributed by atoms with van der Waals surface area (Å²) in [7, 11) is 1.48. The Hall–Kier alpha value is -2.01. The monoisotopic (exact) mass is 323 g/mol. The molecule has 0 fully saturated rings. The largest absolute Gasteiger partial charge is 0.495 e. The van der Waals surface area contributed by atoms with Crippen LogP contribution in [0, 0.1) is 5.92 Å². The molecule has 0 spiro atoms. The Bertz CT molecular complexity index is 600. The summed E-state index contributed by atoms with van der Waals surface area (Å²) in [6.45, 7) is 0. The fraction of sp³-hybridized carbons (Fsp3) is 0.375. The molecular weight excluding hydrogens is 306 g/mol. The number of halogens is 1. The molecule has 2 unspecified atom stereocenters. The third kappa shape index (κ3) is 3.80. The summed E-state index contributed by atoms with van der Waals surface area (Å²) in [4.78, 5) is 23.7. The van der Waals surface area contributed by atoms with Crippen molar-refractivity contribution in [3.8, 4) is 5.75 Å². The summed E-state index contributed by atoms with van der Waals surface area (Å²) >= 11 is 6.02. The maximum atomic E-state index is 12.2. The predicted molar refractivity (Wildman–Crippen MR) is 83.0 cm³/mol. The van der Waals surface area contributed by atoms with E-state index in [9.17, 15) is 14.7 Å². The Morgan fingerprint density at radius 1 is 1.41 bits per heavy atom. The molecule has 118 valence electrons. The molecular formula is C16H18ClNO4. The topological polar surface area (TPSA) is 75.6 Å². The number of aliphatic carboxylic acids is 1. The number of allylic oxidation sites excluding steroid dienone is 2. The number of carboxylic acid groups (broad SMARTS) is 1. The van der Waals surface area contributed by atoms with Gasteiger partial charge < -0.3 is 15.2 Å². The summed E-state index contributed by atoms with van der Waals surface area (Å²) in [5, 5.41) is 12.3. The molecule has 2 rings (SSSR count). The summed E-state index contributed by atoms with van der Waals surface area (Å²) in [5.74, 6) is -1.09. The molecule has 0 aliphatic heterocycles. The Morgan fingerprint density at radius 2 is 2.18 bits per heavy atom. The van der Waals surface area contributed by atoms with Gasteiger partial charge in [0.1, 0.15) is 5.75 Å². The van der Waals surface area contributed by atoms with Crippen molar-refractivity contribution in [3.05, 3.63) is 40.9 Å². The van der Waals surface area contributed by atoms with E-state index in [1.807, 2.05) is 12.2 Å². The van der Waals surface area contributed by atoms with E-state index in [-0.39, 0.29) is 11.8 Å². The van der Waals surface area contributed by atoms with Crippen molar-refractivity contribution in [2.24, 2.45) is 5.92 Å². The molecule has 1 aromatic carbocycles. The molecule has 6 heteroatoms. The molecule has 5 nitrogen and oxygen atoms in total. The van der Waals surface area contributed by atoms with Crippen molar-refractivity contribution >= 4 is 23.5 Å². The van der Waals surface area contributed by atoms with Crippen molar-refractivity contribution in [2.45, 2.75) is 25.3 Å². The van der Waals surface area contributed by atoms with Crippen LogP contribution in [0.5, 0.6) is 5.75 Å². The van der Waals surface area contributed by atoms with Gasteiger partial charge in [0, 0.05) is 5.92 Å². The molecule has 0 saturated heterocycles. The molecule has 0 radical (unpaired) electrons. The van der Waals surface area contributed by atoms with Gasteiger partial charge in [0.2, 0.25) is 5.91 Å². The Labute approximate surface area is 133 Å². The zero-order chi connectivity index (χ0) is 16.1. The molecule has 0 bridgehead atoms. The summed E-state index contributed by atoms with van der Waals surface area (Å²) in [6, 6.07) is 3.55. The van der Waals surface area contributed by atoms with Gasteiger partial charge >= 0.3 is 5.97 Å². The lowest BCUT2D eigenvalue weighted by atomic mass is 9.93. The number of rotatable bonds is 5. The smallest absolute Gasteiger partial charge is 0.330 e. The number of benzene rings is 1. The number of amides is 1. The minimum Gasteiger partial charge on any atom is -0.495 e. The number of hydrogen-bond donors (Lipinski definition) is 2. The standard InChI is InChI=1S/C16H18ClNO4/c1-22-13-8-7-11(9-12(13)17)14(16(20)21)18-15(19)10-5-3-2-4-6-10/h2-3,7-10,14H,4-6H2,1H3,(H,18,19)(H,20,21). The molecule has 0 aromatic heterocycles. The van der Waals surface area contributed by atoms with Crippen LogP contribution in [-0.2, 0) is 9.59 Å². The number of carboxylic acids is 1. The molecule has 2 atom stereocenters. The number of methoxy groups -OCH3 is 1. The molecule has 1 amide bonds. The van der Waals surface area contributed by atoms with Crippen molar-refractivity contribution in [1.82, 2.24) is 5.32 Å². The van der Waals surface area contributed by atoms with Gasteiger partial charge in [-0.25, -0.2) is 4.79 Å². The Kier molecular flexibility index (Phi) is 5.44. The van der Waals surface area contributed by atoms with Crippen LogP contribution in [0.4, 0.5) is 0 Å². The fourth-order valence-electron chi connectivity index (χ4n) is 2.44. The average Bonchev–Trinajstić information content (AvgIpc) is 2.52. The molecule has 1 aromatic rings. The highest BCUT2D eigenvalue weighted by atomic mass is 35.5. The lowest BCUT2D eigenvalue weighted by Gasteiger charge is -2.21. The van der Waals surface area contributed by atoms with Gasteiger partial charge in [-0.1, -0.05) is 29.8 Å². The van der Waals surface area contributed by atoms with E-state index in [4.69, 9.17) is 16.3 Å². The normalized spacial score (nSPS) is 18.5. The SMILES string of the molecule is COc1ccc(C(NC(=O)C2CC=CCC2)C(=O)O)cc1Cl. The third-order valence-corrected chi connectivity index (χ3v) is 3.98. The van der Waals surface area contributed by atoms with Crippen molar-refractivity contribution in [1.29, 1.82) is 0 Å². The van der Waals surface area contributed by atoms with E-state index in [0.29, 0.717) is 22.8 Å². The van der Waals surface area contributed by atoms with Crippen LogP contribution >= 0.6 is 11.6 Å². The molecule has 2 N–H and O–H groups in total. The average molecular weight is 324 g/mol. The molecule has 22 heavy (non-hydrogen) atoms. The zero-order valence-corrected chi connectivity index (χ0v) is 13.0. The third-order valence-electron chi connectivity index (χ3n) is 3.68. The minimum atomic E-state index is -1.12. The van der Waals surface area contributed by atoms with Gasteiger partial charge in [-0.2, -0.15) is 0 Å². The van der Waals surface area contributed by atoms with E-state index in [0.717, 1.165) is 12.8 Å². The Morgan fingerprint density at radius 3 is 2.73 bits per heavy atom. The highest BCUT2D eigenvalue weighted by Crippen LogP contribution is 2.28. The maximum absolute atomic E-state index is 12.2. The van der Waals surface area contributed by atoms with Crippen molar-refractivity contribution in [2.75, 3.05) is 7.11 Å². The van der Waals surface area contributed by atoms with Crippen LogP contribution in [0.3, 0.4) is 0 Å². The second-order valence-electron chi connectivity index (χ2n) is 5.16. The number of ether oxygens (including phenoxy) is 1. The van der Waals surface area contributed by atoms with Crippen molar-refractivity contribution in [3.63, 3.8) is 0 Å². The number of carbonyl (C=O) groups is 2. The minimum absolute atomic E-state index is 0.180. The van der Waals surface area contributed by atoms with Crippen LogP contribution < -0.4 is 10.1 Å². The van der Waals surface area contributed by atoms with Crippen LogP contribution in [0.15, 0.2) is 30.4 Å². The van der Waals surface area contributed by atoms with Crippen LogP contribution in [0.1, 0.15) is 30.9 Å². The van der Waals surface area contributed by atoms with E-state index in [1.54, 1.807) is 12.1 Å². The van der Waals surface area contributed by atoms with Crippen molar-refractivity contribution < 1.29 is 19.4 Å². The molecule has 0 saturated carbocycles. The van der Waals surface area contributed by atoms with Gasteiger partial charge in [-0.15, -0.1) is 0 Å². The summed E-state index contributed by atoms with van der Waals surface area (Å²) in [6.07, 6.45) is 6.19. The highest BCUT2D eigenvalue weighted by Gasteiger charge is 2.27. The van der Waals surface area contributed by atoms with Crippen LogP contribution in [0.25, 0.3) is 0 Å². The predicted octanol–water partition coefficient (Wildman–Crippen LogP) is 2.95. The zero-order valence-electron chi connectivity index (χ0n) is 12.2. The summed E-state index contributed by atoms with van der Waals surface area (Å²) < 4.78 is 5.04. The fourth-order valence-corrected chi connectivity index (χ4v) is 2.71. The van der Waals surface area contributed by atoms with Gasteiger partial charge in [-0.3, -0.25) is 4.79 Å². The first-order valence-electron chi connectivity index (χ1n) is 7.04. The van der Waals surface area contributed by atoms with Gasteiger partial charge in [-0.05, 0) is 37.0 Å². The second-order valence-corrected chi connectivity index (χ2v) is 5.56. The van der Waals surface area contributed by atoms with Gasteiger partial charge in [0.25, 0.3) is 0 Å². The maximum Gasteiger partial charge on any atom is 0.330 e. The molecule has 0 heterocycles. The first kappa shape index (κ1) is 16.4. The quantitative estimate of drug-likeness (QED) is 0.817. The second kappa shape index (κ2) is 7.31. The molecule has 1 aliphatic rings. The first-order valence-corrected chi connectivity index (χ1v) is 7.42. The summed E-state index contributed by atoms with van der Waals surface area (Å²) in [5.41, 5.74) is 0.415. The van der Waals surface area contributed by atoms with Gasteiger partial charge in [0.15, 0.2) is 6.04 Å². The van der Waals surface area contributed by atoms with E-state index < -0.39 is 12.0 Å². The first-order chi connectivity index (χ1) is 10.5. The lowest BCUT2D eigenvalue weighted by Crippen LogP contribution is -2.38. The number of carbonyl (C=O) groups excluding carboxylic acids is 1. The lowest BCUT2D eigenvalue weighted by molar-refractivity contribution is -0.142. The van der Waals surface area contributed by atoms with E-state index >= 15 is 0 Å². The highest BCUT2D eigenvalue weighted by molar-refractivity contribution is 6.32. The Balaban J connectivity index is 2.16. The number of nitrogens with one attached hydrogen (secondary N) is 1. The van der Waals surface area contributed by atoms with E-state index in [2.05, 4.69) is 5.32 Å². The number of hydrogen-bond acceptors (Lipinski definition) is 3. The van der Waals surface area contributed by atoms with Gasteiger partial charge in [0.05, 0.1) is 12.1 Å². The van der Waals surface area contributed by atoms with Crippen LogP contribution in [0.2, 0.25) is 5.02 Å².